The third-order valence-corrected chi connectivity index (χ3v) is 2.88. The first-order valence-corrected chi connectivity index (χ1v) is 5.18. The fourth-order valence-electron chi connectivity index (χ4n) is 0.514. The standard InChI is InChI=1S/C6H13NOS2/c1-3-6(10-9)4-7-5(2)8/h6,9H,3-4H2,1-2H3,(H,7,8). The summed E-state index contributed by atoms with van der Waals surface area (Å²) in [5, 5.41) is 3.18. The summed E-state index contributed by atoms with van der Waals surface area (Å²) in [4.78, 5) is 10.4. The van der Waals surface area contributed by atoms with E-state index in [1.165, 1.54) is 17.7 Å². The number of amides is 1. The van der Waals surface area contributed by atoms with Crippen molar-refractivity contribution in [2.24, 2.45) is 0 Å². The minimum Gasteiger partial charge on any atom is -0.355 e. The Kier molecular flexibility index (Phi) is 6.02. The lowest BCUT2D eigenvalue weighted by Crippen LogP contribution is -2.27. The second-order valence-electron chi connectivity index (χ2n) is 2.07. The minimum absolute atomic E-state index is 0.0285. The molecule has 0 fully saturated rings. The van der Waals surface area contributed by atoms with E-state index in [1.807, 2.05) is 0 Å². The summed E-state index contributed by atoms with van der Waals surface area (Å²) in [5.74, 6) is 0.0285. The normalized spacial score (nSPS) is 12.7. The average molecular weight is 179 g/mol. The smallest absolute Gasteiger partial charge is 0.216 e. The van der Waals surface area contributed by atoms with Crippen LogP contribution in [0, 0.1) is 0 Å². The molecule has 1 N–H and O–H groups in total. The summed E-state index contributed by atoms with van der Waals surface area (Å²) in [6.45, 7) is 4.33. The summed E-state index contributed by atoms with van der Waals surface area (Å²) in [5.41, 5.74) is 0. The first kappa shape index (κ1) is 10.2. The number of nitrogens with one attached hydrogen (secondary N) is 1. The third-order valence-electron chi connectivity index (χ3n) is 1.18. The van der Waals surface area contributed by atoms with Gasteiger partial charge in [0, 0.05) is 18.7 Å². The van der Waals surface area contributed by atoms with Crippen molar-refractivity contribution >= 4 is 28.4 Å². The molecule has 0 rings (SSSR count). The maximum atomic E-state index is 10.4. The van der Waals surface area contributed by atoms with Crippen molar-refractivity contribution in [3.8, 4) is 0 Å². The average Bonchev–Trinajstić information content (AvgIpc) is 1.90. The molecule has 4 heteroatoms. The van der Waals surface area contributed by atoms with Gasteiger partial charge in [-0.2, -0.15) is 0 Å². The molecule has 0 radical (unpaired) electrons. The van der Waals surface area contributed by atoms with Crippen LogP contribution in [0.4, 0.5) is 0 Å². The van der Waals surface area contributed by atoms with Crippen molar-refractivity contribution in [2.75, 3.05) is 6.54 Å². The lowest BCUT2D eigenvalue weighted by Gasteiger charge is -2.09. The molecule has 0 aliphatic rings. The van der Waals surface area contributed by atoms with Gasteiger partial charge in [0.2, 0.25) is 5.91 Å². The molecule has 0 heterocycles. The van der Waals surface area contributed by atoms with E-state index >= 15 is 0 Å². The number of carbonyl (C=O) groups excluding carboxylic acids is 1. The number of thiol groups is 1. The van der Waals surface area contributed by atoms with Gasteiger partial charge in [0.15, 0.2) is 0 Å². The van der Waals surface area contributed by atoms with Crippen LogP contribution in [0.1, 0.15) is 20.3 Å². The predicted molar refractivity (Wildman–Crippen MR) is 49.3 cm³/mol. The molecule has 10 heavy (non-hydrogen) atoms. The van der Waals surface area contributed by atoms with Gasteiger partial charge in [-0.15, -0.1) is 11.7 Å². The molecule has 0 aromatic rings. The largest absolute Gasteiger partial charge is 0.355 e. The van der Waals surface area contributed by atoms with E-state index in [1.54, 1.807) is 0 Å². The van der Waals surface area contributed by atoms with Crippen molar-refractivity contribution < 1.29 is 4.79 Å². The van der Waals surface area contributed by atoms with Gasteiger partial charge in [0.1, 0.15) is 0 Å². The molecule has 1 unspecified atom stereocenters. The topological polar surface area (TPSA) is 29.1 Å². The van der Waals surface area contributed by atoms with Crippen molar-refractivity contribution in [3.05, 3.63) is 0 Å². The maximum Gasteiger partial charge on any atom is 0.216 e. The van der Waals surface area contributed by atoms with Crippen LogP contribution in [0.5, 0.6) is 0 Å². The first-order chi connectivity index (χ1) is 4.70. The summed E-state index contributed by atoms with van der Waals surface area (Å²) in [7, 11) is 1.49. The second kappa shape index (κ2) is 5.92. The monoisotopic (exact) mass is 179 g/mol. The third kappa shape index (κ3) is 4.99. The van der Waals surface area contributed by atoms with Crippen molar-refractivity contribution in [2.45, 2.75) is 25.5 Å². The van der Waals surface area contributed by atoms with Crippen LogP contribution < -0.4 is 5.32 Å². The van der Waals surface area contributed by atoms with Crippen LogP contribution in [0.25, 0.3) is 0 Å². The summed E-state index contributed by atoms with van der Waals surface area (Å²) in [6.07, 6.45) is 1.04. The van der Waals surface area contributed by atoms with E-state index < -0.39 is 0 Å². The van der Waals surface area contributed by atoms with Crippen molar-refractivity contribution in [1.82, 2.24) is 5.32 Å². The minimum atomic E-state index is 0.0285. The van der Waals surface area contributed by atoms with Crippen LogP contribution in [-0.4, -0.2) is 17.7 Å². The first-order valence-electron chi connectivity index (χ1n) is 3.25. The van der Waals surface area contributed by atoms with Gasteiger partial charge in [-0.25, -0.2) is 0 Å². The van der Waals surface area contributed by atoms with Gasteiger partial charge >= 0.3 is 0 Å². The van der Waals surface area contributed by atoms with E-state index in [-0.39, 0.29) is 5.91 Å². The van der Waals surface area contributed by atoms with E-state index in [9.17, 15) is 4.79 Å². The number of hydrogen-bond acceptors (Lipinski definition) is 3. The lowest BCUT2D eigenvalue weighted by atomic mass is 10.3. The van der Waals surface area contributed by atoms with Crippen LogP contribution in [0.15, 0.2) is 0 Å². The molecular weight excluding hydrogens is 166 g/mol. The Morgan fingerprint density at radius 2 is 2.40 bits per heavy atom. The van der Waals surface area contributed by atoms with Crippen LogP contribution in [0.2, 0.25) is 0 Å². The molecule has 1 amide bonds. The van der Waals surface area contributed by atoms with E-state index in [2.05, 4.69) is 23.9 Å². The summed E-state index contributed by atoms with van der Waals surface area (Å²) in [6, 6.07) is 0. The maximum absolute atomic E-state index is 10.4. The van der Waals surface area contributed by atoms with Gasteiger partial charge in [0.05, 0.1) is 0 Å². The SMILES string of the molecule is CCC(CNC(C)=O)SS. The summed E-state index contributed by atoms with van der Waals surface area (Å²) < 4.78 is 0. The van der Waals surface area contributed by atoms with Crippen LogP contribution in [-0.2, 0) is 4.79 Å². The fourth-order valence-corrected chi connectivity index (χ4v) is 1.49. The highest BCUT2D eigenvalue weighted by Crippen LogP contribution is 2.16. The number of hydrogen-bond donors (Lipinski definition) is 2. The van der Waals surface area contributed by atoms with Gasteiger partial charge in [-0.05, 0) is 6.42 Å². The predicted octanol–water partition coefficient (Wildman–Crippen LogP) is 1.48. The Morgan fingerprint density at radius 1 is 1.80 bits per heavy atom. The Bertz CT molecular complexity index is 104. The molecule has 1 atom stereocenters. The Hall–Kier alpha value is 0.170. The van der Waals surface area contributed by atoms with Gasteiger partial charge < -0.3 is 5.32 Å². The molecule has 0 saturated heterocycles. The molecular formula is C6H13NOS2. The molecule has 0 spiro atoms. The van der Waals surface area contributed by atoms with E-state index in [4.69, 9.17) is 0 Å². The number of rotatable bonds is 4. The Morgan fingerprint density at radius 3 is 2.70 bits per heavy atom. The quantitative estimate of drug-likeness (QED) is 0.505. The molecule has 0 saturated carbocycles. The highest BCUT2D eigenvalue weighted by atomic mass is 33.1. The zero-order chi connectivity index (χ0) is 7.98. The molecule has 2 nitrogen and oxygen atoms in total. The molecule has 0 aliphatic heterocycles. The fraction of sp³-hybridized carbons (Fsp3) is 0.833. The number of carbonyl (C=O) groups is 1. The van der Waals surface area contributed by atoms with Gasteiger partial charge in [-0.3, -0.25) is 4.79 Å². The van der Waals surface area contributed by atoms with E-state index in [0.717, 1.165) is 13.0 Å². The molecule has 0 bridgehead atoms. The molecule has 0 aliphatic carbocycles. The highest BCUT2D eigenvalue weighted by Gasteiger charge is 2.03. The van der Waals surface area contributed by atoms with Crippen molar-refractivity contribution in [1.29, 1.82) is 0 Å². The zero-order valence-electron chi connectivity index (χ0n) is 6.26. The second-order valence-corrected chi connectivity index (χ2v) is 3.58. The van der Waals surface area contributed by atoms with Gasteiger partial charge in [-0.1, -0.05) is 17.7 Å². The Balaban J connectivity index is 3.34. The molecule has 60 valence electrons. The zero-order valence-corrected chi connectivity index (χ0v) is 7.97. The highest BCUT2D eigenvalue weighted by molar-refractivity contribution is 8.68. The van der Waals surface area contributed by atoms with E-state index in [0.29, 0.717) is 5.25 Å². The lowest BCUT2D eigenvalue weighted by molar-refractivity contribution is -0.118. The van der Waals surface area contributed by atoms with Crippen molar-refractivity contribution in [3.63, 3.8) is 0 Å². The van der Waals surface area contributed by atoms with Crippen LogP contribution in [0.3, 0.4) is 0 Å². The Labute approximate surface area is 71.0 Å². The molecule has 0 aromatic heterocycles. The van der Waals surface area contributed by atoms with Crippen LogP contribution >= 0.6 is 22.5 Å². The summed E-state index contributed by atoms with van der Waals surface area (Å²) >= 11 is 4.06. The van der Waals surface area contributed by atoms with Gasteiger partial charge in [0.25, 0.3) is 0 Å². The molecule has 0 aromatic carbocycles.